The summed E-state index contributed by atoms with van der Waals surface area (Å²) in [7, 11) is -1.80. The zero-order valence-corrected chi connectivity index (χ0v) is 6.64. The van der Waals surface area contributed by atoms with Crippen LogP contribution in [0.25, 0.3) is 0 Å². The summed E-state index contributed by atoms with van der Waals surface area (Å²) in [5, 5.41) is 0. The molecular formula is C6H9O3P. The maximum atomic E-state index is 11.1. The molecule has 0 fully saturated rings. The van der Waals surface area contributed by atoms with Gasteiger partial charge in [0.25, 0.3) is 0 Å². The Morgan fingerprint density at radius 1 is 1.90 bits per heavy atom. The molecule has 10 heavy (non-hydrogen) atoms. The van der Waals surface area contributed by atoms with Crippen molar-refractivity contribution in [3.63, 3.8) is 0 Å². The van der Waals surface area contributed by atoms with Gasteiger partial charge in [0.05, 0.1) is 0 Å². The van der Waals surface area contributed by atoms with Gasteiger partial charge in [0.2, 0.25) is 0 Å². The minimum absolute atomic E-state index is 0.0306. The van der Waals surface area contributed by atoms with Crippen LogP contribution < -0.4 is 0 Å². The standard InChI is InChI=1S/C6H9O3P/c1-4-6-9-10(7,5-2)8-3/h1,5H,2,6H2,3H3. The minimum Gasteiger partial charge on any atom is -0.309 e. The second-order valence-corrected chi connectivity index (χ2v) is 3.45. The molecule has 56 valence electrons. The van der Waals surface area contributed by atoms with Gasteiger partial charge in [0.1, 0.15) is 6.61 Å². The first-order valence-electron chi connectivity index (χ1n) is 2.55. The van der Waals surface area contributed by atoms with Crippen molar-refractivity contribution in [2.24, 2.45) is 0 Å². The zero-order chi connectivity index (χ0) is 8.04. The molecule has 0 bridgehead atoms. The first kappa shape index (κ1) is 9.45. The average Bonchev–Trinajstić information content (AvgIpc) is 2.00. The van der Waals surface area contributed by atoms with E-state index in [1.54, 1.807) is 0 Å². The van der Waals surface area contributed by atoms with E-state index in [0.29, 0.717) is 0 Å². The van der Waals surface area contributed by atoms with Gasteiger partial charge in [-0.3, -0.25) is 9.09 Å². The number of hydrogen-bond donors (Lipinski definition) is 0. The third kappa shape index (κ3) is 2.84. The van der Waals surface area contributed by atoms with Crippen LogP contribution in [0.4, 0.5) is 0 Å². The summed E-state index contributed by atoms with van der Waals surface area (Å²) in [6.45, 7) is 3.24. The Balaban J connectivity index is 3.97. The lowest BCUT2D eigenvalue weighted by molar-refractivity contribution is 0.267. The first-order chi connectivity index (χ1) is 4.68. The fourth-order valence-corrected chi connectivity index (χ4v) is 0.922. The second-order valence-electron chi connectivity index (χ2n) is 1.38. The van der Waals surface area contributed by atoms with E-state index >= 15 is 0 Å². The van der Waals surface area contributed by atoms with Crippen molar-refractivity contribution >= 4 is 7.60 Å². The van der Waals surface area contributed by atoms with Gasteiger partial charge in [0.15, 0.2) is 0 Å². The molecule has 4 heteroatoms. The van der Waals surface area contributed by atoms with Crippen molar-refractivity contribution in [3.05, 3.63) is 12.4 Å². The van der Waals surface area contributed by atoms with E-state index in [9.17, 15) is 4.57 Å². The van der Waals surface area contributed by atoms with Crippen LogP contribution >= 0.6 is 7.60 Å². The predicted molar refractivity (Wildman–Crippen MR) is 39.6 cm³/mol. The lowest BCUT2D eigenvalue weighted by Crippen LogP contribution is -1.89. The number of rotatable bonds is 4. The molecule has 0 saturated carbocycles. The van der Waals surface area contributed by atoms with Crippen molar-refractivity contribution in [3.8, 4) is 12.3 Å². The summed E-state index contributed by atoms with van der Waals surface area (Å²) in [4.78, 5) is 0. The zero-order valence-electron chi connectivity index (χ0n) is 5.74. The van der Waals surface area contributed by atoms with Gasteiger partial charge in [-0.15, -0.1) is 6.42 Å². The average molecular weight is 160 g/mol. The van der Waals surface area contributed by atoms with Crippen LogP contribution in [-0.4, -0.2) is 13.7 Å². The normalized spacial score (nSPS) is 15.2. The van der Waals surface area contributed by atoms with E-state index in [1.165, 1.54) is 7.11 Å². The van der Waals surface area contributed by atoms with Crippen LogP contribution in [0.1, 0.15) is 0 Å². The molecule has 0 aliphatic heterocycles. The Hall–Kier alpha value is -0.550. The van der Waals surface area contributed by atoms with Crippen molar-refractivity contribution in [2.75, 3.05) is 13.7 Å². The number of hydrogen-bond acceptors (Lipinski definition) is 3. The summed E-state index contributed by atoms with van der Waals surface area (Å²) < 4.78 is 20.2. The van der Waals surface area contributed by atoms with E-state index in [-0.39, 0.29) is 6.61 Å². The lowest BCUT2D eigenvalue weighted by Gasteiger charge is -2.08. The van der Waals surface area contributed by atoms with E-state index < -0.39 is 7.60 Å². The highest BCUT2D eigenvalue weighted by molar-refractivity contribution is 7.57. The Kier molecular flexibility index (Phi) is 4.06. The Morgan fingerprint density at radius 2 is 2.50 bits per heavy atom. The summed E-state index contributed by atoms with van der Waals surface area (Å²) in [5.74, 6) is 3.29. The topological polar surface area (TPSA) is 35.5 Å². The van der Waals surface area contributed by atoms with Gasteiger partial charge in [0, 0.05) is 12.9 Å². The molecule has 0 aromatic heterocycles. The predicted octanol–water partition coefficient (Wildman–Crippen LogP) is 1.62. The minimum atomic E-state index is -3.08. The highest BCUT2D eigenvalue weighted by Crippen LogP contribution is 2.47. The van der Waals surface area contributed by atoms with Crippen molar-refractivity contribution < 1.29 is 13.6 Å². The van der Waals surface area contributed by atoms with Crippen molar-refractivity contribution in [2.45, 2.75) is 0 Å². The monoisotopic (exact) mass is 160 g/mol. The van der Waals surface area contributed by atoms with E-state index in [4.69, 9.17) is 6.42 Å². The lowest BCUT2D eigenvalue weighted by atomic mass is 10.8. The fraction of sp³-hybridized carbons (Fsp3) is 0.333. The molecule has 1 atom stereocenters. The van der Waals surface area contributed by atoms with Gasteiger partial charge in [-0.2, -0.15) is 0 Å². The molecule has 3 nitrogen and oxygen atoms in total. The molecule has 0 aromatic rings. The highest BCUT2D eigenvalue weighted by atomic mass is 31.2. The molecule has 0 aliphatic carbocycles. The van der Waals surface area contributed by atoms with E-state index in [1.807, 2.05) is 0 Å². The van der Waals surface area contributed by atoms with Crippen LogP contribution in [0.5, 0.6) is 0 Å². The summed E-state index contributed by atoms with van der Waals surface area (Å²) >= 11 is 0. The third-order valence-electron chi connectivity index (χ3n) is 0.806. The van der Waals surface area contributed by atoms with E-state index in [2.05, 4.69) is 21.5 Å². The largest absolute Gasteiger partial charge is 0.354 e. The van der Waals surface area contributed by atoms with Gasteiger partial charge in [-0.1, -0.05) is 12.5 Å². The third-order valence-corrected chi connectivity index (χ3v) is 2.25. The molecule has 1 unspecified atom stereocenters. The molecule has 0 spiro atoms. The Labute approximate surface area is 60.6 Å². The maximum Gasteiger partial charge on any atom is 0.354 e. The molecule has 0 aromatic carbocycles. The maximum absolute atomic E-state index is 11.1. The molecule has 0 saturated heterocycles. The van der Waals surface area contributed by atoms with Crippen LogP contribution in [0.15, 0.2) is 12.4 Å². The molecular weight excluding hydrogens is 151 g/mol. The van der Waals surface area contributed by atoms with Crippen molar-refractivity contribution in [1.29, 1.82) is 0 Å². The molecule has 0 N–H and O–H groups in total. The van der Waals surface area contributed by atoms with Gasteiger partial charge in [-0.25, -0.2) is 0 Å². The summed E-state index contributed by atoms with van der Waals surface area (Å²) in [6.07, 6.45) is 4.86. The second kappa shape index (κ2) is 4.29. The number of terminal acetylenes is 1. The first-order valence-corrected chi connectivity index (χ1v) is 4.17. The summed E-state index contributed by atoms with van der Waals surface area (Å²) in [5.41, 5.74) is 0. The van der Waals surface area contributed by atoms with Crippen LogP contribution in [0.3, 0.4) is 0 Å². The van der Waals surface area contributed by atoms with Crippen LogP contribution in [0, 0.1) is 12.3 Å². The quantitative estimate of drug-likeness (QED) is 0.463. The Morgan fingerprint density at radius 3 is 2.80 bits per heavy atom. The van der Waals surface area contributed by atoms with E-state index in [0.717, 1.165) is 5.82 Å². The SMILES string of the molecule is C#CCOP(=O)(C=C)OC. The molecule has 0 rings (SSSR count). The highest BCUT2D eigenvalue weighted by Gasteiger charge is 2.15. The molecule has 0 amide bonds. The Bertz CT molecular complexity index is 192. The smallest absolute Gasteiger partial charge is 0.309 e. The molecule has 0 heterocycles. The van der Waals surface area contributed by atoms with Gasteiger partial charge in [-0.05, 0) is 0 Å². The molecule has 0 radical (unpaired) electrons. The van der Waals surface area contributed by atoms with Crippen LogP contribution in [-0.2, 0) is 13.6 Å². The van der Waals surface area contributed by atoms with Crippen LogP contribution in [0.2, 0.25) is 0 Å². The fourth-order valence-electron chi connectivity index (χ4n) is 0.307. The van der Waals surface area contributed by atoms with Crippen molar-refractivity contribution in [1.82, 2.24) is 0 Å². The summed E-state index contributed by atoms with van der Waals surface area (Å²) in [6, 6.07) is 0. The van der Waals surface area contributed by atoms with Gasteiger partial charge >= 0.3 is 7.60 Å². The van der Waals surface area contributed by atoms with Gasteiger partial charge < -0.3 is 4.52 Å². The molecule has 0 aliphatic rings.